The van der Waals surface area contributed by atoms with E-state index >= 15 is 0 Å². The zero-order valence-corrected chi connectivity index (χ0v) is 20.0. The molecule has 0 saturated carbocycles. The van der Waals surface area contributed by atoms with E-state index in [-0.39, 0.29) is 5.57 Å². The number of amides is 1. The molecule has 2 aromatic heterocycles. The summed E-state index contributed by atoms with van der Waals surface area (Å²) in [4.78, 5) is 33.6. The van der Waals surface area contributed by atoms with E-state index < -0.39 is 23.5 Å². The summed E-state index contributed by atoms with van der Waals surface area (Å²) in [6.45, 7) is 5.40. The van der Waals surface area contributed by atoms with Gasteiger partial charge in [0, 0.05) is 24.7 Å². The fraction of sp³-hybridized carbons (Fsp3) is 0.346. The summed E-state index contributed by atoms with van der Waals surface area (Å²) in [5, 5.41) is 13.9. The second-order valence-corrected chi connectivity index (χ2v) is 8.76. The van der Waals surface area contributed by atoms with Crippen molar-refractivity contribution in [1.29, 1.82) is 0 Å². The van der Waals surface area contributed by atoms with Crippen molar-refractivity contribution in [2.24, 2.45) is 0 Å². The van der Waals surface area contributed by atoms with E-state index in [1.807, 2.05) is 39.2 Å². The second-order valence-electron chi connectivity index (χ2n) is 8.76. The predicted molar refractivity (Wildman–Crippen MR) is 126 cm³/mol. The number of fused-ring (bicyclic) bond motifs is 1. The van der Waals surface area contributed by atoms with Crippen LogP contribution in [0.3, 0.4) is 0 Å². The van der Waals surface area contributed by atoms with E-state index in [4.69, 9.17) is 4.74 Å². The van der Waals surface area contributed by atoms with Crippen LogP contribution in [0.1, 0.15) is 36.3 Å². The van der Waals surface area contributed by atoms with Gasteiger partial charge in [-0.05, 0) is 43.7 Å². The number of carbonyl (C=O) groups is 2. The highest BCUT2D eigenvalue weighted by atomic mass is 16.5. The highest BCUT2D eigenvalue weighted by Gasteiger charge is 2.44. The molecule has 1 N–H and O–H groups in total. The van der Waals surface area contributed by atoms with Gasteiger partial charge in [-0.25, -0.2) is 4.98 Å². The van der Waals surface area contributed by atoms with Gasteiger partial charge in [-0.3, -0.25) is 9.59 Å². The molecule has 1 amide bonds. The number of pyridine rings is 1. The average Bonchev–Trinajstić information content (AvgIpc) is 3.27. The van der Waals surface area contributed by atoms with E-state index in [0.29, 0.717) is 47.9 Å². The Morgan fingerprint density at radius 2 is 1.88 bits per heavy atom. The number of carbonyl (C=O) groups excluding carboxylic acids is 2. The van der Waals surface area contributed by atoms with Crippen molar-refractivity contribution in [1.82, 2.24) is 14.3 Å². The van der Waals surface area contributed by atoms with Gasteiger partial charge in [-0.1, -0.05) is 24.0 Å². The fourth-order valence-corrected chi connectivity index (χ4v) is 4.48. The van der Waals surface area contributed by atoms with Crippen LogP contribution in [0, 0.1) is 6.92 Å². The van der Waals surface area contributed by atoms with Crippen molar-refractivity contribution < 1.29 is 24.3 Å². The minimum absolute atomic E-state index is 0.0277. The van der Waals surface area contributed by atoms with Crippen molar-refractivity contribution in [3.05, 3.63) is 71.2 Å². The molecule has 1 saturated heterocycles. The van der Waals surface area contributed by atoms with Crippen LogP contribution >= 0.6 is 0 Å². The van der Waals surface area contributed by atoms with Crippen molar-refractivity contribution in [3.63, 3.8) is 0 Å². The molecule has 1 unspecified atom stereocenters. The molecule has 1 aliphatic rings. The van der Waals surface area contributed by atoms with Gasteiger partial charge in [0.2, 0.25) is 5.78 Å². The molecule has 0 bridgehead atoms. The zero-order chi connectivity index (χ0) is 24.4. The van der Waals surface area contributed by atoms with Crippen molar-refractivity contribution in [3.8, 4) is 5.75 Å². The van der Waals surface area contributed by atoms with Crippen molar-refractivity contribution in [2.75, 3.05) is 33.8 Å². The van der Waals surface area contributed by atoms with Crippen LogP contribution in [0.2, 0.25) is 0 Å². The lowest BCUT2D eigenvalue weighted by Gasteiger charge is -2.27. The molecule has 0 aliphatic carbocycles. The number of rotatable bonds is 8. The summed E-state index contributed by atoms with van der Waals surface area (Å²) < 4.78 is 7.22. The first kappa shape index (κ1) is 23.5. The number of ketones is 1. The topological polar surface area (TPSA) is 91.4 Å². The number of hydrogen-bond donors (Lipinski definition) is 1. The number of nitrogens with zero attached hydrogens (tertiary/aromatic N) is 3. The summed E-state index contributed by atoms with van der Waals surface area (Å²) in [5.74, 6) is -1.15. The molecule has 0 radical (unpaired) electrons. The van der Waals surface area contributed by atoms with Crippen LogP contribution in [0.4, 0.5) is 0 Å². The highest BCUT2D eigenvalue weighted by molar-refractivity contribution is 6.46. The molecule has 8 nitrogen and oxygen atoms in total. The van der Waals surface area contributed by atoms with E-state index in [1.54, 1.807) is 41.8 Å². The monoisotopic (exact) mass is 462 g/mol. The number of benzene rings is 1. The lowest BCUT2D eigenvalue weighted by Crippen LogP contribution is -3.05. The molecule has 8 heteroatoms. The average molecular weight is 463 g/mol. The Morgan fingerprint density at radius 1 is 1.15 bits per heavy atom. The van der Waals surface area contributed by atoms with E-state index in [9.17, 15) is 14.7 Å². The first-order valence-corrected chi connectivity index (χ1v) is 11.6. The number of ether oxygens (including phenoxy) is 1. The molecule has 3 heterocycles. The summed E-state index contributed by atoms with van der Waals surface area (Å²) in [6, 6.07) is 11.9. The SMILES string of the molecule is CCOc1ccc(C2C(=C([O-])c3c(C)nc4ccccn34)C(=O)C(=O)N2CCC[NH+](C)C)cc1. The molecule has 178 valence electrons. The molecular weight excluding hydrogens is 432 g/mol. The molecule has 1 aromatic carbocycles. The first-order chi connectivity index (χ1) is 16.3. The number of hydrogen-bond acceptors (Lipinski definition) is 5. The number of imidazole rings is 1. The normalized spacial score (nSPS) is 17.8. The molecule has 1 atom stereocenters. The minimum Gasteiger partial charge on any atom is -0.871 e. The zero-order valence-electron chi connectivity index (χ0n) is 20.0. The van der Waals surface area contributed by atoms with Crippen LogP contribution in [0.5, 0.6) is 5.75 Å². The highest BCUT2D eigenvalue weighted by Crippen LogP contribution is 2.39. The van der Waals surface area contributed by atoms with Crippen molar-refractivity contribution in [2.45, 2.75) is 26.3 Å². The van der Waals surface area contributed by atoms with Gasteiger partial charge in [0.05, 0.1) is 44.7 Å². The molecule has 3 aromatic rings. The largest absolute Gasteiger partial charge is 0.871 e. The maximum atomic E-state index is 13.9. The Balaban J connectivity index is 1.85. The second kappa shape index (κ2) is 9.69. The minimum atomic E-state index is -0.756. The lowest BCUT2D eigenvalue weighted by molar-refractivity contribution is -0.858. The standard InChI is InChI=1S/C26H30N4O4/c1-5-34-19-12-10-18(11-13-19)23-21(25(32)26(33)30(23)16-8-14-28(3)4)24(31)22-17(2)27-20-9-6-7-15-29(20)22/h6-7,9-13,15,23,31H,5,8,14,16H2,1-4H3. The molecule has 1 fully saturated rings. The Kier molecular flexibility index (Phi) is 6.70. The number of likely N-dealkylation sites (tertiary alicyclic amines) is 1. The molecular formula is C26H30N4O4. The Bertz CT molecular complexity index is 1240. The van der Waals surface area contributed by atoms with Crippen LogP contribution in [0.15, 0.2) is 54.2 Å². The van der Waals surface area contributed by atoms with Crippen LogP contribution in [-0.4, -0.2) is 59.8 Å². The van der Waals surface area contributed by atoms with Gasteiger partial charge < -0.3 is 24.0 Å². The smallest absolute Gasteiger partial charge is 0.295 e. The van der Waals surface area contributed by atoms with Crippen molar-refractivity contribution >= 4 is 23.1 Å². The van der Waals surface area contributed by atoms with Gasteiger partial charge >= 0.3 is 0 Å². The number of aromatic nitrogens is 2. The Hall–Kier alpha value is -3.65. The summed E-state index contributed by atoms with van der Waals surface area (Å²) in [7, 11) is 4.07. The fourth-order valence-electron chi connectivity index (χ4n) is 4.48. The Morgan fingerprint density at radius 3 is 2.56 bits per heavy atom. The van der Waals surface area contributed by atoms with Gasteiger partial charge in [0.1, 0.15) is 11.4 Å². The van der Waals surface area contributed by atoms with Gasteiger partial charge in [-0.15, -0.1) is 0 Å². The molecule has 34 heavy (non-hydrogen) atoms. The third-order valence-corrected chi connectivity index (χ3v) is 6.03. The number of Topliss-reactive ketones (excluding diaryl/α,β-unsaturated/α-hetero) is 1. The summed E-state index contributed by atoms with van der Waals surface area (Å²) >= 11 is 0. The van der Waals surface area contributed by atoms with Crippen LogP contribution < -0.4 is 14.7 Å². The quantitative estimate of drug-likeness (QED) is 0.304. The van der Waals surface area contributed by atoms with E-state index in [2.05, 4.69) is 4.98 Å². The first-order valence-electron chi connectivity index (χ1n) is 11.6. The van der Waals surface area contributed by atoms with E-state index in [0.717, 1.165) is 6.54 Å². The molecule has 1 aliphatic heterocycles. The van der Waals surface area contributed by atoms with Gasteiger partial charge in [0.25, 0.3) is 5.91 Å². The van der Waals surface area contributed by atoms with Crippen LogP contribution in [0.25, 0.3) is 11.4 Å². The van der Waals surface area contributed by atoms with E-state index in [1.165, 1.54) is 9.80 Å². The van der Waals surface area contributed by atoms with Gasteiger partial charge in [-0.2, -0.15) is 0 Å². The Labute approximate surface area is 199 Å². The third kappa shape index (κ3) is 4.28. The summed E-state index contributed by atoms with van der Waals surface area (Å²) in [6.07, 6.45) is 2.46. The number of quaternary nitrogens is 1. The third-order valence-electron chi connectivity index (χ3n) is 6.03. The lowest BCUT2D eigenvalue weighted by atomic mass is 9.96. The summed E-state index contributed by atoms with van der Waals surface area (Å²) in [5.41, 5.74) is 2.12. The molecule has 0 spiro atoms. The van der Waals surface area contributed by atoms with Gasteiger partial charge in [0.15, 0.2) is 0 Å². The molecule has 4 rings (SSSR count). The number of aryl methyl sites for hydroxylation is 1. The van der Waals surface area contributed by atoms with Crippen LogP contribution in [-0.2, 0) is 9.59 Å². The number of nitrogens with one attached hydrogen (secondary N) is 1. The maximum Gasteiger partial charge on any atom is 0.295 e. The maximum absolute atomic E-state index is 13.9. The predicted octanol–water partition coefficient (Wildman–Crippen LogP) is 0.800.